The zero-order chi connectivity index (χ0) is 21.8. The molecule has 0 radical (unpaired) electrons. The van der Waals surface area contributed by atoms with Crippen molar-refractivity contribution in [2.75, 3.05) is 19.6 Å². The summed E-state index contributed by atoms with van der Waals surface area (Å²) in [6, 6.07) is 15.9. The number of aromatic nitrogens is 3. The molecule has 3 aromatic rings. The van der Waals surface area contributed by atoms with Gasteiger partial charge in [0.2, 0.25) is 15.9 Å². The SMILES string of the molecule is O=C(CCNS(=O)(=O)c1cccc(Cl)c1)N1CCC(n2cc(-c3ccccc3)nn2)C1. The topological polar surface area (TPSA) is 97.2 Å². The number of amides is 1. The van der Waals surface area contributed by atoms with Crippen LogP contribution in [0.5, 0.6) is 0 Å². The molecular weight excluding hydrogens is 438 g/mol. The van der Waals surface area contributed by atoms with E-state index in [1.165, 1.54) is 12.1 Å². The predicted octanol–water partition coefficient (Wildman–Crippen LogP) is 2.74. The van der Waals surface area contributed by atoms with Crippen LogP contribution >= 0.6 is 11.6 Å². The first-order chi connectivity index (χ1) is 14.9. The average Bonchev–Trinajstić information content (AvgIpc) is 3.44. The van der Waals surface area contributed by atoms with Crippen LogP contribution in [0.25, 0.3) is 11.3 Å². The van der Waals surface area contributed by atoms with Gasteiger partial charge in [0.1, 0.15) is 5.69 Å². The summed E-state index contributed by atoms with van der Waals surface area (Å²) in [6.07, 6.45) is 2.75. The molecule has 0 bridgehead atoms. The van der Waals surface area contributed by atoms with Gasteiger partial charge in [-0.3, -0.25) is 4.79 Å². The van der Waals surface area contributed by atoms with Crippen LogP contribution in [0.2, 0.25) is 5.02 Å². The largest absolute Gasteiger partial charge is 0.340 e. The first-order valence-electron chi connectivity index (χ1n) is 9.93. The van der Waals surface area contributed by atoms with Crippen molar-refractivity contribution in [1.29, 1.82) is 0 Å². The van der Waals surface area contributed by atoms with Gasteiger partial charge in [-0.05, 0) is 24.6 Å². The number of carbonyl (C=O) groups is 1. The smallest absolute Gasteiger partial charge is 0.240 e. The molecule has 1 aliphatic heterocycles. The van der Waals surface area contributed by atoms with E-state index in [4.69, 9.17) is 11.6 Å². The molecule has 2 heterocycles. The maximum atomic E-state index is 12.6. The Morgan fingerprint density at radius 3 is 2.74 bits per heavy atom. The molecule has 1 N–H and O–H groups in total. The molecule has 10 heteroatoms. The normalized spacial score (nSPS) is 16.5. The maximum Gasteiger partial charge on any atom is 0.240 e. The molecule has 0 aliphatic carbocycles. The second kappa shape index (κ2) is 9.17. The number of sulfonamides is 1. The minimum atomic E-state index is -3.71. The Labute approximate surface area is 185 Å². The fourth-order valence-corrected chi connectivity index (χ4v) is 4.88. The lowest BCUT2D eigenvalue weighted by molar-refractivity contribution is -0.130. The van der Waals surface area contributed by atoms with E-state index in [2.05, 4.69) is 15.0 Å². The van der Waals surface area contributed by atoms with E-state index in [9.17, 15) is 13.2 Å². The van der Waals surface area contributed by atoms with Gasteiger partial charge in [0, 0.05) is 36.6 Å². The molecule has 2 aromatic carbocycles. The summed E-state index contributed by atoms with van der Waals surface area (Å²) in [7, 11) is -3.71. The highest BCUT2D eigenvalue weighted by atomic mass is 35.5. The summed E-state index contributed by atoms with van der Waals surface area (Å²) in [5.74, 6) is -0.0975. The molecule has 1 atom stereocenters. The van der Waals surface area contributed by atoms with E-state index in [-0.39, 0.29) is 29.8 Å². The molecule has 0 saturated carbocycles. The summed E-state index contributed by atoms with van der Waals surface area (Å²) in [5, 5.41) is 8.80. The highest BCUT2D eigenvalue weighted by molar-refractivity contribution is 7.89. The van der Waals surface area contributed by atoms with Crippen LogP contribution in [0.3, 0.4) is 0 Å². The molecule has 162 valence electrons. The first kappa shape index (κ1) is 21.5. The van der Waals surface area contributed by atoms with Crippen LogP contribution in [0, 0.1) is 0 Å². The van der Waals surface area contributed by atoms with Crippen molar-refractivity contribution in [1.82, 2.24) is 24.6 Å². The fourth-order valence-electron chi connectivity index (χ4n) is 3.55. The monoisotopic (exact) mass is 459 g/mol. The van der Waals surface area contributed by atoms with Crippen molar-refractivity contribution >= 4 is 27.5 Å². The Hall–Kier alpha value is -2.75. The number of rotatable bonds is 7. The summed E-state index contributed by atoms with van der Waals surface area (Å²) >= 11 is 5.86. The van der Waals surface area contributed by atoms with Crippen molar-refractivity contribution in [3.8, 4) is 11.3 Å². The molecule has 1 aliphatic rings. The quantitative estimate of drug-likeness (QED) is 0.586. The Kier molecular flexibility index (Phi) is 6.35. The lowest BCUT2D eigenvalue weighted by Gasteiger charge is -2.16. The number of halogens is 1. The first-order valence-corrected chi connectivity index (χ1v) is 11.8. The number of hydrogen-bond donors (Lipinski definition) is 1. The average molecular weight is 460 g/mol. The third kappa shape index (κ3) is 5.12. The third-order valence-electron chi connectivity index (χ3n) is 5.21. The van der Waals surface area contributed by atoms with Crippen LogP contribution in [-0.2, 0) is 14.8 Å². The van der Waals surface area contributed by atoms with E-state index in [0.29, 0.717) is 18.1 Å². The Morgan fingerprint density at radius 2 is 1.97 bits per heavy atom. The van der Waals surface area contributed by atoms with Crippen LogP contribution in [0.4, 0.5) is 0 Å². The predicted molar refractivity (Wildman–Crippen MR) is 117 cm³/mol. The van der Waals surface area contributed by atoms with Crippen LogP contribution in [0.1, 0.15) is 18.9 Å². The minimum absolute atomic E-state index is 0.0241. The van der Waals surface area contributed by atoms with Crippen LogP contribution < -0.4 is 4.72 Å². The van der Waals surface area contributed by atoms with Crippen molar-refractivity contribution < 1.29 is 13.2 Å². The van der Waals surface area contributed by atoms with Gasteiger partial charge in [-0.25, -0.2) is 17.8 Å². The number of nitrogens with one attached hydrogen (secondary N) is 1. The Balaban J connectivity index is 1.30. The molecule has 1 unspecified atom stereocenters. The number of nitrogens with zero attached hydrogens (tertiary/aromatic N) is 4. The molecule has 4 rings (SSSR count). The van der Waals surface area contributed by atoms with Crippen molar-refractivity contribution in [3.63, 3.8) is 0 Å². The highest BCUT2D eigenvalue weighted by Gasteiger charge is 2.28. The number of benzene rings is 2. The molecule has 1 fully saturated rings. The Morgan fingerprint density at radius 1 is 1.16 bits per heavy atom. The summed E-state index contributed by atoms with van der Waals surface area (Å²) in [6.45, 7) is 1.15. The van der Waals surface area contributed by atoms with Crippen molar-refractivity contribution in [2.45, 2.75) is 23.8 Å². The molecule has 0 spiro atoms. The second-order valence-electron chi connectivity index (χ2n) is 7.34. The van der Waals surface area contributed by atoms with Gasteiger partial charge < -0.3 is 4.90 Å². The van der Waals surface area contributed by atoms with E-state index < -0.39 is 10.0 Å². The van der Waals surface area contributed by atoms with Crippen LogP contribution in [0.15, 0.2) is 65.7 Å². The highest BCUT2D eigenvalue weighted by Crippen LogP contribution is 2.24. The standard InChI is InChI=1S/C21H22ClN5O3S/c22-17-7-4-8-19(13-17)31(29,30)23-11-9-21(28)26-12-10-18(14-26)27-15-20(24-25-27)16-5-2-1-3-6-16/h1-8,13,15,18,23H,9-12,14H2. The number of likely N-dealkylation sites (tertiary alicyclic amines) is 1. The summed E-state index contributed by atoms with van der Waals surface area (Å²) < 4.78 is 28.9. The number of carbonyl (C=O) groups excluding carboxylic acids is 1. The van der Waals surface area contributed by atoms with E-state index in [0.717, 1.165) is 17.7 Å². The van der Waals surface area contributed by atoms with Gasteiger partial charge in [-0.2, -0.15) is 0 Å². The van der Waals surface area contributed by atoms with Gasteiger partial charge in [0.15, 0.2) is 0 Å². The van der Waals surface area contributed by atoms with Gasteiger partial charge >= 0.3 is 0 Å². The molecular formula is C21H22ClN5O3S. The molecule has 8 nitrogen and oxygen atoms in total. The maximum absolute atomic E-state index is 12.6. The third-order valence-corrected chi connectivity index (χ3v) is 6.90. The number of hydrogen-bond acceptors (Lipinski definition) is 5. The van der Waals surface area contributed by atoms with Crippen molar-refractivity contribution in [3.05, 3.63) is 65.8 Å². The fraction of sp³-hybridized carbons (Fsp3) is 0.286. The molecule has 1 aromatic heterocycles. The summed E-state index contributed by atoms with van der Waals surface area (Å²) in [5.41, 5.74) is 1.78. The van der Waals surface area contributed by atoms with E-state index in [1.807, 2.05) is 36.5 Å². The van der Waals surface area contributed by atoms with Gasteiger partial charge in [0.25, 0.3) is 0 Å². The molecule has 1 amide bonds. The zero-order valence-corrected chi connectivity index (χ0v) is 18.3. The molecule has 1 saturated heterocycles. The molecule has 31 heavy (non-hydrogen) atoms. The lowest BCUT2D eigenvalue weighted by atomic mass is 10.2. The minimum Gasteiger partial charge on any atom is -0.340 e. The Bertz CT molecular complexity index is 1170. The van der Waals surface area contributed by atoms with Crippen LogP contribution in [-0.4, -0.2) is 53.9 Å². The van der Waals surface area contributed by atoms with E-state index >= 15 is 0 Å². The zero-order valence-electron chi connectivity index (χ0n) is 16.7. The summed E-state index contributed by atoms with van der Waals surface area (Å²) in [4.78, 5) is 14.4. The van der Waals surface area contributed by atoms with Gasteiger partial charge in [0.05, 0.1) is 17.1 Å². The van der Waals surface area contributed by atoms with Gasteiger partial charge in [-0.15, -0.1) is 5.10 Å². The lowest BCUT2D eigenvalue weighted by Crippen LogP contribution is -2.33. The van der Waals surface area contributed by atoms with Crippen molar-refractivity contribution in [2.24, 2.45) is 0 Å². The second-order valence-corrected chi connectivity index (χ2v) is 9.54. The van der Waals surface area contributed by atoms with E-state index in [1.54, 1.807) is 21.7 Å². The van der Waals surface area contributed by atoms with Gasteiger partial charge in [-0.1, -0.05) is 53.2 Å².